The second kappa shape index (κ2) is 10.6. The van der Waals surface area contributed by atoms with Crippen LogP contribution < -0.4 is 9.65 Å². The first kappa shape index (κ1) is 19.0. The van der Waals surface area contributed by atoms with E-state index in [2.05, 4.69) is 50.8 Å². The Morgan fingerprint density at radius 1 is 0.762 bits per heavy atom. The third kappa shape index (κ3) is 8.86. The Kier molecular flexibility index (Phi) is 9.63. The van der Waals surface area contributed by atoms with Crippen molar-refractivity contribution in [3.8, 4) is 0 Å². The van der Waals surface area contributed by atoms with Gasteiger partial charge in [0, 0.05) is 0 Å². The van der Waals surface area contributed by atoms with Crippen LogP contribution in [-0.2, 0) is 0 Å². The van der Waals surface area contributed by atoms with Gasteiger partial charge >= 0.3 is 140 Å². The fourth-order valence-corrected chi connectivity index (χ4v) is 5.56. The Labute approximate surface area is 140 Å². The molecule has 0 heterocycles. The van der Waals surface area contributed by atoms with Crippen molar-refractivity contribution in [1.29, 1.82) is 0 Å². The quantitative estimate of drug-likeness (QED) is 0.375. The molecule has 0 saturated carbocycles. The fraction of sp³-hybridized carbons (Fsp3) is 0.684. The van der Waals surface area contributed by atoms with E-state index in [1.807, 2.05) is 0 Å². The number of benzene rings is 1. The van der Waals surface area contributed by atoms with Crippen molar-refractivity contribution >= 4 is 32.7 Å². The van der Waals surface area contributed by atoms with Gasteiger partial charge in [0.25, 0.3) is 0 Å². The second-order valence-corrected chi connectivity index (χ2v) is 14.6. The first-order chi connectivity index (χ1) is 10.0. The summed E-state index contributed by atoms with van der Waals surface area (Å²) in [5.41, 5.74) is 0. The molecule has 0 aliphatic rings. The van der Waals surface area contributed by atoms with Crippen molar-refractivity contribution in [2.75, 3.05) is 0 Å². The molecule has 0 spiro atoms. The molecule has 0 nitrogen and oxygen atoms in total. The second-order valence-electron chi connectivity index (χ2n) is 7.10. The van der Waals surface area contributed by atoms with Crippen molar-refractivity contribution in [2.24, 2.45) is 0 Å². The standard InChI is InChI=1S/C19H34SeSi/c1-5-6-7-8-9-10-11-12-17-20-18-13-15-19(16-14-18)21(2,3)4/h13-16H,5-12,17H2,1-4H3. The van der Waals surface area contributed by atoms with Crippen molar-refractivity contribution in [2.45, 2.75) is 83.3 Å². The molecule has 120 valence electrons. The molecule has 0 unspecified atom stereocenters. The topological polar surface area (TPSA) is 0 Å². The molecular weight excluding hydrogens is 335 g/mol. The normalized spacial score (nSPS) is 11.8. The third-order valence-corrected chi connectivity index (χ3v) is 8.36. The summed E-state index contributed by atoms with van der Waals surface area (Å²) in [6.45, 7) is 9.56. The average molecular weight is 370 g/mol. The summed E-state index contributed by atoms with van der Waals surface area (Å²) in [5.74, 6) is 0. The molecule has 0 bridgehead atoms. The van der Waals surface area contributed by atoms with Crippen LogP contribution in [0.25, 0.3) is 0 Å². The van der Waals surface area contributed by atoms with Crippen LogP contribution in [0.1, 0.15) is 58.3 Å². The molecule has 1 aromatic carbocycles. The molecule has 0 aromatic heterocycles. The fourth-order valence-electron chi connectivity index (χ4n) is 2.48. The van der Waals surface area contributed by atoms with Gasteiger partial charge in [-0.1, -0.05) is 0 Å². The Hall–Kier alpha value is -0.0436. The predicted octanol–water partition coefficient (Wildman–Crippen LogP) is 5.12. The third-order valence-electron chi connectivity index (χ3n) is 3.99. The maximum atomic E-state index is 2.42. The molecule has 0 aliphatic heterocycles. The van der Waals surface area contributed by atoms with Gasteiger partial charge in [-0.05, 0) is 0 Å². The summed E-state index contributed by atoms with van der Waals surface area (Å²) in [6, 6.07) is 9.55. The first-order valence-corrected chi connectivity index (χ1v) is 14.3. The Morgan fingerprint density at radius 2 is 1.29 bits per heavy atom. The van der Waals surface area contributed by atoms with E-state index >= 15 is 0 Å². The number of hydrogen-bond acceptors (Lipinski definition) is 0. The molecule has 0 saturated heterocycles. The van der Waals surface area contributed by atoms with Crippen molar-refractivity contribution in [1.82, 2.24) is 0 Å². The van der Waals surface area contributed by atoms with E-state index in [0.29, 0.717) is 15.0 Å². The number of hydrogen-bond donors (Lipinski definition) is 0. The molecule has 0 aliphatic carbocycles. The number of unbranched alkanes of at least 4 members (excludes halogenated alkanes) is 7. The van der Waals surface area contributed by atoms with Gasteiger partial charge in [0.15, 0.2) is 0 Å². The van der Waals surface area contributed by atoms with E-state index in [0.717, 1.165) is 0 Å². The van der Waals surface area contributed by atoms with Gasteiger partial charge in [-0.3, -0.25) is 0 Å². The van der Waals surface area contributed by atoms with E-state index in [1.165, 1.54) is 56.7 Å². The molecule has 1 rings (SSSR count). The van der Waals surface area contributed by atoms with Crippen LogP contribution in [0.3, 0.4) is 0 Å². The van der Waals surface area contributed by atoms with E-state index in [1.54, 1.807) is 9.65 Å². The molecule has 0 radical (unpaired) electrons. The molecule has 0 amide bonds. The van der Waals surface area contributed by atoms with Crippen LogP contribution in [0, 0.1) is 0 Å². The van der Waals surface area contributed by atoms with Crippen LogP contribution in [-0.4, -0.2) is 23.0 Å². The minimum absolute atomic E-state index is 0.695. The van der Waals surface area contributed by atoms with Gasteiger partial charge in [-0.15, -0.1) is 0 Å². The zero-order valence-electron chi connectivity index (χ0n) is 14.6. The monoisotopic (exact) mass is 370 g/mol. The zero-order chi connectivity index (χ0) is 15.6. The van der Waals surface area contributed by atoms with Crippen molar-refractivity contribution < 1.29 is 0 Å². The molecule has 1 aromatic rings. The van der Waals surface area contributed by atoms with Crippen LogP contribution in [0.4, 0.5) is 0 Å². The Morgan fingerprint density at radius 3 is 1.81 bits per heavy atom. The zero-order valence-corrected chi connectivity index (χ0v) is 17.3. The van der Waals surface area contributed by atoms with Gasteiger partial charge in [0.1, 0.15) is 0 Å². The van der Waals surface area contributed by atoms with Crippen LogP contribution in [0.15, 0.2) is 24.3 Å². The SMILES string of the molecule is CCCCCCCCCC[Se]c1ccc([Si](C)(C)C)cc1. The van der Waals surface area contributed by atoms with Gasteiger partial charge in [-0.2, -0.15) is 0 Å². The van der Waals surface area contributed by atoms with E-state index in [-0.39, 0.29) is 0 Å². The minimum atomic E-state index is -1.11. The van der Waals surface area contributed by atoms with Crippen LogP contribution in [0.5, 0.6) is 0 Å². The van der Waals surface area contributed by atoms with Crippen LogP contribution in [0.2, 0.25) is 25.0 Å². The molecule has 0 atom stereocenters. The maximum absolute atomic E-state index is 2.42. The van der Waals surface area contributed by atoms with Gasteiger partial charge in [0.2, 0.25) is 0 Å². The van der Waals surface area contributed by atoms with E-state index in [4.69, 9.17) is 0 Å². The molecular formula is C19H34SeSi. The summed E-state index contributed by atoms with van der Waals surface area (Å²) >= 11 is 0.695. The van der Waals surface area contributed by atoms with Gasteiger partial charge < -0.3 is 0 Å². The molecule has 0 N–H and O–H groups in total. The Balaban J connectivity index is 2.08. The molecule has 0 fully saturated rings. The van der Waals surface area contributed by atoms with Gasteiger partial charge in [0.05, 0.1) is 0 Å². The van der Waals surface area contributed by atoms with Crippen molar-refractivity contribution in [3.05, 3.63) is 24.3 Å². The van der Waals surface area contributed by atoms with Crippen molar-refractivity contribution in [3.63, 3.8) is 0 Å². The summed E-state index contributed by atoms with van der Waals surface area (Å²) in [5, 5.41) is 3.02. The van der Waals surface area contributed by atoms with E-state index < -0.39 is 8.07 Å². The molecule has 2 heteroatoms. The summed E-state index contributed by atoms with van der Waals surface area (Å²) in [6.07, 6.45) is 11.5. The average Bonchev–Trinajstić information content (AvgIpc) is 2.45. The summed E-state index contributed by atoms with van der Waals surface area (Å²) in [7, 11) is -1.11. The first-order valence-electron chi connectivity index (χ1n) is 8.77. The Bertz CT molecular complexity index is 364. The summed E-state index contributed by atoms with van der Waals surface area (Å²) in [4.78, 5) is 0. The molecule has 21 heavy (non-hydrogen) atoms. The summed E-state index contributed by atoms with van der Waals surface area (Å²) < 4.78 is 1.59. The van der Waals surface area contributed by atoms with E-state index in [9.17, 15) is 0 Å². The van der Waals surface area contributed by atoms with Crippen LogP contribution >= 0.6 is 0 Å². The van der Waals surface area contributed by atoms with Gasteiger partial charge in [-0.25, -0.2) is 0 Å². The predicted molar refractivity (Wildman–Crippen MR) is 102 cm³/mol. The number of rotatable bonds is 11.